The zero-order valence-electron chi connectivity index (χ0n) is 22.4. The predicted octanol–water partition coefficient (Wildman–Crippen LogP) is 4.81. The average molecular weight is 561 g/mol. The zero-order chi connectivity index (χ0) is 27.0. The molecule has 0 bridgehead atoms. The number of rotatable bonds is 11. The van der Waals surface area contributed by atoms with Crippen molar-refractivity contribution in [3.8, 4) is 0 Å². The van der Waals surface area contributed by atoms with E-state index in [1.807, 2.05) is 48.5 Å². The Hall–Kier alpha value is -1.96. The number of likely N-dealkylation sites (N-methyl/N-ethyl adjacent to an activating group) is 1. The average Bonchev–Trinajstić information content (AvgIpc) is 2.97. The lowest BCUT2D eigenvalue weighted by Gasteiger charge is -2.55. The fourth-order valence-electron chi connectivity index (χ4n) is 6.61. The monoisotopic (exact) mass is 559 g/mol. The van der Waals surface area contributed by atoms with Crippen LogP contribution in [0.15, 0.2) is 48.5 Å². The van der Waals surface area contributed by atoms with E-state index in [0.29, 0.717) is 22.2 Å². The van der Waals surface area contributed by atoms with Crippen molar-refractivity contribution in [3.63, 3.8) is 0 Å². The van der Waals surface area contributed by atoms with Crippen LogP contribution >= 0.6 is 23.2 Å². The Morgan fingerprint density at radius 2 is 1.71 bits per heavy atom. The van der Waals surface area contributed by atoms with Gasteiger partial charge in [0.05, 0.1) is 36.2 Å². The summed E-state index contributed by atoms with van der Waals surface area (Å²) in [5.41, 5.74) is 1.41. The number of benzene rings is 2. The summed E-state index contributed by atoms with van der Waals surface area (Å²) in [5, 5.41) is 11.0. The van der Waals surface area contributed by atoms with Crippen LogP contribution in [0.3, 0.4) is 0 Å². The highest BCUT2D eigenvalue weighted by atomic mass is 35.5. The third kappa shape index (κ3) is 6.43. The number of carbonyl (C=O) groups is 2. The van der Waals surface area contributed by atoms with Crippen LogP contribution in [0.1, 0.15) is 60.4 Å². The Labute approximate surface area is 237 Å². The van der Waals surface area contributed by atoms with E-state index in [-0.39, 0.29) is 24.2 Å². The number of hydrogen-bond donors (Lipinski definition) is 3. The molecule has 2 fully saturated rings. The van der Waals surface area contributed by atoms with Gasteiger partial charge in [0.2, 0.25) is 0 Å². The van der Waals surface area contributed by atoms with E-state index < -0.39 is 5.54 Å². The second-order valence-electron chi connectivity index (χ2n) is 10.8. The molecule has 2 aromatic carbocycles. The molecular weight excluding hydrogens is 519 g/mol. The van der Waals surface area contributed by atoms with E-state index in [0.717, 1.165) is 74.9 Å². The Morgan fingerprint density at radius 1 is 1.00 bits per heavy atom. The SMILES string of the molecule is CNC(=O)C1([N+]2(CCC(CNCC(=O)c3ccccc3)c3ccc(Cl)c(Cl)c3)CCCCC2)CCNCC1. The molecule has 2 aromatic rings. The first-order chi connectivity index (χ1) is 18.4. The maximum absolute atomic E-state index is 13.5. The first-order valence-corrected chi connectivity index (χ1v) is 14.7. The van der Waals surface area contributed by atoms with E-state index in [2.05, 4.69) is 16.0 Å². The third-order valence-corrected chi connectivity index (χ3v) is 9.49. The summed E-state index contributed by atoms with van der Waals surface area (Å²) in [6.45, 7) is 5.62. The summed E-state index contributed by atoms with van der Waals surface area (Å²) in [4.78, 5) is 26.3. The number of quaternary nitrogens is 1. The molecule has 0 spiro atoms. The van der Waals surface area contributed by atoms with Gasteiger partial charge in [-0.15, -0.1) is 0 Å². The minimum atomic E-state index is -0.403. The Kier molecular flexibility index (Phi) is 10.2. The van der Waals surface area contributed by atoms with E-state index in [1.54, 1.807) is 7.05 Å². The van der Waals surface area contributed by atoms with Crippen molar-refractivity contribution in [1.29, 1.82) is 0 Å². The summed E-state index contributed by atoms with van der Waals surface area (Å²) >= 11 is 12.7. The summed E-state index contributed by atoms with van der Waals surface area (Å²) in [5.74, 6) is 0.388. The van der Waals surface area contributed by atoms with Gasteiger partial charge in [0.1, 0.15) is 0 Å². The normalized spacial score (nSPS) is 19.4. The molecule has 2 aliphatic heterocycles. The van der Waals surface area contributed by atoms with Crippen LogP contribution < -0.4 is 16.0 Å². The lowest BCUT2D eigenvalue weighted by atomic mass is 9.79. The van der Waals surface area contributed by atoms with Crippen LogP contribution in [0.5, 0.6) is 0 Å². The van der Waals surface area contributed by atoms with Gasteiger partial charge in [-0.3, -0.25) is 9.59 Å². The maximum atomic E-state index is 13.5. The van der Waals surface area contributed by atoms with Gasteiger partial charge in [0.15, 0.2) is 11.3 Å². The van der Waals surface area contributed by atoms with Crippen molar-refractivity contribution in [2.45, 2.75) is 50.0 Å². The molecule has 8 heteroatoms. The quantitative estimate of drug-likeness (QED) is 0.273. The Bertz CT molecular complexity index is 1080. The first-order valence-electron chi connectivity index (χ1n) is 13.9. The number of ketones is 1. The molecule has 3 N–H and O–H groups in total. The van der Waals surface area contributed by atoms with Crippen LogP contribution in [0.4, 0.5) is 0 Å². The van der Waals surface area contributed by atoms with Crippen molar-refractivity contribution >= 4 is 34.9 Å². The molecule has 1 atom stereocenters. The van der Waals surface area contributed by atoms with Crippen LogP contribution in [-0.4, -0.2) is 74.6 Å². The summed E-state index contributed by atoms with van der Waals surface area (Å²) < 4.78 is 0.842. The third-order valence-electron chi connectivity index (χ3n) is 8.75. The number of halogens is 2. The standard InChI is InChI=1S/C30H40Cl2N4O2/c1-33-29(38)30(13-15-34-16-14-30)36(17-6-3-7-18-36)19-12-25(24-10-11-26(31)27(32)20-24)21-35-22-28(37)23-8-4-2-5-9-23/h2,4-5,8-11,20,25,34-35H,3,6-7,12-19,21-22H2,1H3/p+1. The van der Waals surface area contributed by atoms with Crippen LogP contribution in [0, 0.1) is 0 Å². The number of piperidine rings is 2. The minimum absolute atomic E-state index is 0.0753. The van der Waals surface area contributed by atoms with Gasteiger partial charge in [0.25, 0.3) is 5.91 Å². The largest absolute Gasteiger partial charge is 0.354 e. The molecule has 1 amide bonds. The van der Waals surface area contributed by atoms with Crippen LogP contribution in [-0.2, 0) is 4.79 Å². The predicted molar refractivity (Wildman–Crippen MR) is 155 cm³/mol. The molecule has 6 nitrogen and oxygen atoms in total. The Balaban J connectivity index is 1.55. The molecule has 2 aliphatic rings. The van der Waals surface area contributed by atoms with E-state index in [1.165, 1.54) is 6.42 Å². The second-order valence-corrected chi connectivity index (χ2v) is 11.6. The van der Waals surface area contributed by atoms with Gasteiger partial charge >= 0.3 is 0 Å². The fourth-order valence-corrected chi connectivity index (χ4v) is 6.92. The molecule has 0 aliphatic carbocycles. The number of nitrogens with zero attached hydrogens (tertiary/aromatic N) is 1. The van der Waals surface area contributed by atoms with Crippen molar-refractivity contribution in [2.75, 3.05) is 52.9 Å². The molecular formula is C30H41Cl2N4O2+. The smallest absolute Gasteiger partial charge is 0.281 e. The van der Waals surface area contributed by atoms with Crippen molar-refractivity contribution in [2.24, 2.45) is 0 Å². The molecule has 0 saturated carbocycles. The second kappa shape index (κ2) is 13.4. The topological polar surface area (TPSA) is 70.2 Å². The maximum Gasteiger partial charge on any atom is 0.281 e. The zero-order valence-corrected chi connectivity index (χ0v) is 23.9. The van der Waals surface area contributed by atoms with Gasteiger partial charge in [-0.1, -0.05) is 59.6 Å². The lowest BCUT2D eigenvalue weighted by molar-refractivity contribution is -0.972. The van der Waals surface area contributed by atoms with Gasteiger partial charge in [-0.2, -0.15) is 0 Å². The number of carbonyl (C=O) groups excluding carboxylic acids is 2. The summed E-state index contributed by atoms with van der Waals surface area (Å²) in [6, 6.07) is 15.2. The number of hydrogen-bond acceptors (Lipinski definition) is 4. The van der Waals surface area contributed by atoms with Crippen LogP contribution in [0.25, 0.3) is 0 Å². The molecule has 2 saturated heterocycles. The van der Waals surface area contributed by atoms with Gasteiger partial charge in [-0.05, 0) is 37.0 Å². The van der Waals surface area contributed by atoms with Gasteiger partial charge < -0.3 is 20.4 Å². The minimum Gasteiger partial charge on any atom is -0.354 e. The van der Waals surface area contributed by atoms with E-state index in [9.17, 15) is 9.59 Å². The molecule has 0 aromatic heterocycles. The van der Waals surface area contributed by atoms with Gasteiger partial charge in [0, 0.05) is 57.4 Å². The molecule has 4 rings (SSSR count). The number of Topliss-reactive ketones (excluding diaryl/α,β-unsaturated/α-hetero) is 1. The molecule has 1 unspecified atom stereocenters. The molecule has 38 heavy (non-hydrogen) atoms. The highest BCUT2D eigenvalue weighted by Gasteiger charge is 2.56. The van der Waals surface area contributed by atoms with E-state index >= 15 is 0 Å². The number of nitrogens with one attached hydrogen (secondary N) is 3. The highest BCUT2D eigenvalue weighted by molar-refractivity contribution is 6.42. The molecule has 0 radical (unpaired) electrons. The van der Waals surface area contributed by atoms with Gasteiger partial charge in [-0.25, -0.2) is 0 Å². The number of likely N-dealkylation sites (tertiary alicyclic amines) is 1. The van der Waals surface area contributed by atoms with E-state index in [4.69, 9.17) is 23.2 Å². The summed E-state index contributed by atoms with van der Waals surface area (Å²) in [7, 11) is 1.78. The highest BCUT2D eigenvalue weighted by Crippen LogP contribution is 2.39. The first kappa shape index (κ1) is 29.0. The summed E-state index contributed by atoms with van der Waals surface area (Å²) in [6.07, 6.45) is 6.11. The lowest BCUT2D eigenvalue weighted by Crippen LogP contribution is -2.74. The van der Waals surface area contributed by atoms with Crippen molar-refractivity contribution < 1.29 is 14.1 Å². The van der Waals surface area contributed by atoms with Crippen LogP contribution in [0.2, 0.25) is 10.0 Å². The molecule has 206 valence electrons. The number of amides is 1. The van der Waals surface area contributed by atoms with Crippen molar-refractivity contribution in [3.05, 3.63) is 69.7 Å². The fraction of sp³-hybridized carbons (Fsp3) is 0.533. The molecule has 2 heterocycles. The Morgan fingerprint density at radius 3 is 2.37 bits per heavy atom. The van der Waals surface area contributed by atoms with Crippen molar-refractivity contribution in [1.82, 2.24) is 16.0 Å².